The van der Waals surface area contributed by atoms with Crippen molar-refractivity contribution in [1.29, 1.82) is 0 Å². The SMILES string of the molecule is FC(F)(F)c1cc(I)c(C(F)(F)F)cn1. The van der Waals surface area contributed by atoms with Crippen LogP contribution < -0.4 is 0 Å². The molecule has 0 bridgehead atoms. The Morgan fingerprint density at radius 1 is 1.00 bits per heavy atom. The summed E-state index contributed by atoms with van der Waals surface area (Å²) in [6, 6.07) is 0.364. The van der Waals surface area contributed by atoms with Crippen LogP contribution in [0.5, 0.6) is 0 Å². The van der Waals surface area contributed by atoms with Gasteiger partial charge in [-0.2, -0.15) is 26.3 Å². The first-order chi connectivity index (χ1) is 6.62. The lowest BCUT2D eigenvalue weighted by Gasteiger charge is -2.11. The van der Waals surface area contributed by atoms with E-state index in [0.717, 1.165) is 0 Å². The van der Waals surface area contributed by atoms with Gasteiger partial charge in [-0.3, -0.25) is 4.98 Å². The number of halogens is 7. The number of nitrogens with zero attached hydrogens (tertiary/aromatic N) is 1. The van der Waals surface area contributed by atoms with E-state index in [1.165, 1.54) is 22.6 Å². The van der Waals surface area contributed by atoms with Gasteiger partial charge < -0.3 is 0 Å². The first kappa shape index (κ1) is 12.5. The number of hydrogen-bond donors (Lipinski definition) is 0. The highest BCUT2D eigenvalue weighted by atomic mass is 127. The molecule has 0 amide bonds. The minimum absolute atomic E-state index is 0.185. The summed E-state index contributed by atoms with van der Waals surface area (Å²) < 4.78 is 72.1. The highest BCUT2D eigenvalue weighted by molar-refractivity contribution is 14.1. The van der Waals surface area contributed by atoms with Crippen LogP contribution in [0.25, 0.3) is 0 Å². The molecule has 1 heterocycles. The van der Waals surface area contributed by atoms with Gasteiger partial charge >= 0.3 is 12.4 Å². The van der Waals surface area contributed by atoms with Crippen molar-refractivity contribution in [3.63, 3.8) is 0 Å². The summed E-state index contributed by atoms with van der Waals surface area (Å²) in [6.07, 6.45) is -9.23. The molecular formula is C7H2F6IN. The Labute approximate surface area is 93.6 Å². The third-order valence-corrected chi connectivity index (χ3v) is 2.34. The van der Waals surface area contributed by atoms with Crippen LogP contribution in [0, 0.1) is 3.57 Å². The standard InChI is InChI=1S/C7H2F6IN/c8-6(9,10)3-2-15-5(1-4(3)14)7(11,12)13/h1-2H. The zero-order valence-electron chi connectivity index (χ0n) is 6.75. The van der Waals surface area contributed by atoms with E-state index in [9.17, 15) is 26.3 Å². The maximum absolute atomic E-state index is 12.2. The van der Waals surface area contributed by atoms with Crippen molar-refractivity contribution < 1.29 is 26.3 Å². The quantitative estimate of drug-likeness (QED) is 0.518. The zero-order valence-corrected chi connectivity index (χ0v) is 8.91. The Morgan fingerprint density at radius 2 is 1.53 bits per heavy atom. The van der Waals surface area contributed by atoms with Crippen molar-refractivity contribution >= 4 is 22.6 Å². The molecule has 1 nitrogen and oxygen atoms in total. The molecule has 1 rings (SSSR count). The van der Waals surface area contributed by atoms with E-state index in [2.05, 4.69) is 4.98 Å². The molecule has 0 N–H and O–H groups in total. The Balaban J connectivity index is 3.21. The van der Waals surface area contributed by atoms with Crippen LogP contribution in [0.15, 0.2) is 12.3 Å². The van der Waals surface area contributed by atoms with Crippen LogP contribution in [0.3, 0.4) is 0 Å². The smallest absolute Gasteiger partial charge is 0.251 e. The number of hydrogen-bond acceptors (Lipinski definition) is 1. The Bertz CT molecular complexity index is 369. The second kappa shape index (κ2) is 3.80. The van der Waals surface area contributed by atoms with Crippen molar-refractivity contribution in [2.24, 2.45) is 0 Å². The Hall–Kier alpha value is -0.540. The summed E-state index contributed by atoms with van der Waals surface area (Å²) in [5.41, 5.74) is -2.50. The van der Waals surface area contributed by atoms with Gasteiger partial charge in [-0.15, -0.1) is 0 Å². The molecule has 0 aliphatic rings. The Morgan fingerprint density at radius 3 is 1.87 bits per heavy atom. The summed E-state index contributed by atoms with van der Waals surface area (Å²) in [4.78, 5) is 2.73. The van der Waals surface area contributed by atoms with Gasteiger partial charge in [-0.05, 0) is 28.7 Å². The number of pyridine rings is 1. The Kier molecular flexibility index (Phi) is 3.17. The minimum atomic E-state index is -4.73. The van der Waals surface area contributed by atoms with Crippen molar-refractivity contribution in [1.82, 2.24) is 4.98 Å². The maximum atomic E-state index is 12.2. The topological polar surface area (TPSA) is 12.9 Å². The average molecular weight is 341 g/mol. The lowest BCUT2D eigenvalue weighted by Crippen LogP contribution is -2.13. The molecule has 0 spiro atoms. The number of aromatic nitrogens is 1. The third kappa shape index (κ3) is 2.95. The van der Waals surface area contributed by atoms with E-state index in [-0.39, 0.29) is 6.20 Å². The first-order valence-electron chi connectivity index (χ1n) is 3.42. The second-order valence-electron chi connectivity index (χ2n) is 2.54. The summed E-state index contributed by atoms with van der Waals surface area (Å²) in [5.74, 6) is 0. The molecule has 0 saturated carbocycles. The molecule has 8 heteroatoms. The van der Waals surface area contributed by atoms with E-state index >= 15 is 0 Å². The molecule has 0 atom stereocenters. The predicted molar refractivity (Wildman–Crippen MR) is 47.0 cm³/mol. The highest BCUT2D eigenvalue weighted by Gasteiger charge is 2.37. The fourth-order valence-corrected chi connectivity index (χ4v) is 1.53. The normalized spacial score (nSPS) is 13.0. The van der Waals surface area contributed by atoms with Gasteiger partial charge in [0.05, 0.1) is 5.56 Å². The van der Waals surface area contributed by atoms with E-state index in [4.69, 9.17) is 0 Å². The van der Waals surface area contributed by atoms with Crippen LogP contribution in [0.1, 0.15) is 11.3 Å². The lowest BCUT2D eigenvalue weighted by molar-refractivity contribution is -0.144. The first-order valence-corrected chi connectivity index (χ1v) is 4.50. The molecule has 1 aromatic rings. The fraction of sp³-hybridized carbons (Fsp3) is 0.286. The summed E-state index contributed by atoms with van der Waals surface area (Å²) in [7, 11) is 0. The van der Waals surface area contributed by atoms with Gasteiger partial charge in [0.25, 0.3) is 0 Å². The van der Waals surface area contributed by atoms with Gasteiger partial charge in [0.1, 0.15) is 5.69 Å². The molecule has 84 valence electrons. The van der Waals surface area contributed by atoms with Gasteiger partial charge in [0, 0.05) is 9.77 Å². The molecule has 0 aromatic carbocycles. The van der Waals surface area contributed by atoms with Crippen LogP contribution in [0.2, 0.25) is 0 Å². The van der Waals surface area contributed by atoms with Crippen molar-refractivity contribution in [2.75, 3.05) is 0 Å². The molecule has 0 saturated heterocycles. The molecule has 0 unspecified atom stereocenters. The van der Waals surface area contributed by atoms with Crippen LogP contribution >= 0.6 is 22.6 Å². The van der Waals surface area contributed by atoms with Crippen molar-refractivity contribution in [3.05, 3.63) is 27.1 Å². The summed E-state index contributed by atoms with van der Waals surface area (Å²) in [6.45, 7) is 0. The lowest BCUT2D eigenvalue weighted by atomic mass is 10.2. The molecule has 0 aliphatic carbocycles. The molecule has 0 radical (unpaired) electrons. The second-order valence-corrected chi connectivity index (χ2v) is 3.71. The largest absolute Gasteiger partial charge is 0.433 e. The van der Waals surface area contributed by atoms with E-state index in [0.29, 0.717) is 6.07 Å². The van der Waals surface area contributed by atoms with E-state index in [1.807, 2.05) is 0 Å². The monoisotopic (exact) mass is 341 g/mol. The van der Waals surface area contributed by atoms with Crippen LogP contribution in [-0.4, -0.2) is 4.98 Å². The fourth-order valence-electron chi connectivity index (χ4n) is 0.794. The van der Waals surface area contributed by atoms with Crippen molar-refractivity contribution in [3.8, 4) is 0 Å². The molecule has 0 aliphatic heterocycles. The van der Waals surface area contributed by atoms with Crippen molar-refractivity contribution in [2.45, 2.75) is 12.4 Å². The summed E-state index contributed by atoms with van der Waals surface area (Å²) >= 11 is 1.19. The summed E-state index contributed by atoms with van der Waals surface area (Å²) in [5, 5.41) is 0. The third-order valence-electron chi connectivity index (χ3n) is 1.45. The average Bonchev–Trinajstić information content (AvgIpc) is 1.99. The highest BCUT2D eigenvalue weighted by Crippen LogP contribution is 2.35. The van der Waals surface area contributed by atoms with E-state index in [1.54, 1.807) is 0 Å². The van der Waals surface area contributed by atoms with Gasteiger partial charge in [-0.1, -0.05) is 0 Å². The van der Waals surface area contributed by atoms with Gasteiger partial charge in [0.2, 0.25) is 0 Å². The minimum Gasteiger partial charge on any atom is -0.251 e. The molecule has 1 aromatic heterocycles. The van der Waals surface area contributed by atoms with Crippen LogP contribution in [-0.2, 0) is 12.4 Å². The molecule has 15 heavy (non-hydrogen) atoms. The molecular weight excluding hydrogens is 339 g/mol. The van der Waals surface area contributed by atoms with Gasteiger partial charge in [-0.25, -0.2) is 0 Å². The van der Waals surface area contributed by atoms with E-state index < -0.39 is 27.2 Å². The van der Waals surface area contributed by atoms with Gasteiger partial charge in [0.15, 0.2) is 0 Å². The van der Waals surface area contributed by atoms with Crippen LogP contribution in [0.4, 0.5) is 26.3 Å². The number of alkyl halides is 6. The number of rotatable bonds is 0. The predicted octanol–water partition coefficient (Wildman–Crippen LogP) is 3.72. The molecule has 0 fully saturated rings. The maximum Gasteiger partial charge on any atom is 0.433 e. The zero-order chi connectivity index (χ0) is 11.9.